The molecule has 1 spiro atoms. The summed E-state index contributed by atoms with van der Waals surface area (Å²) in [5, 5.41) is 16.6. The topological polar surface area (TPSA) is 86.5 Å². The number of fused-ring (bicyclic) bond motifs is 1. The molecule has 3 heterocycles. The highest BCUT2D eigenvalue weighted by Crippen LogP contribution is 2.40. The van der Waals surface area contributed by atoms with Crippen LogP contribution in [0.2, 0.25) is 0 Å². The van der Waals surface area contributed by atoms with Crippen LogP contribution in [0.1, 0.15) is 25.7 Å². The smallest absolute Gasteiger partial charge is 0.311 e. The Bertz CT molecular complexity index is 731. The van der Waals surface area contributed by atoms with E-state index >= 15 is 0 Å². The zero-order valence-electron chi connectivity index (χ0n) is 12.5. The minimum Gasteiger partial charge on any atom is -0.375 e. The molecular weight excluding hydrogens is 318 g/mol. The number of hydrogen-bond acceptors (Lipinski definition) is 7. The number of thiophene rings is 1. The summed E-state index contributed by atoms with van der Waals surface area (Å²) in [4.78, 5) is 15.1. The van der Waals surface area contributed by atoms with Gasteiger partial charge in [-0.25, -0.2) is 4.98 Å². The highest BCUT2D eigenvalue weighted by Gasteiger charge is 2.40. The lowest BCUT2D eigenvalue weighted by atomic mass is 9.90. The summed E-state index contributed by atoms with van der Waals surface area (Å²) in [6, 6.07) is 2.06. The third-order valence-corrected chi connectivity index (χ3v) is 5.48. The van der Waals surface area contributed by atoms with Crippen molar-refractivity contribution in [3.63, 3.8) is 0 Å². The van der Waals surface area contributed by atoms with Gasteiger partial charge in [0.2, 0.25) is 0 Å². The Morgan fingerprint density at radius 3 is 2.78 bits per heavy atom. The summed E-state index contributed by atoms with van der Waals surface area (Å²) in [7, 11) is 0. The first-order chi connectivity index (χ1) is 11.2. The first-order valence-corrected chi connectivity index (χ1v) is 8.60. The van der Waals surface area contributed by atoms with Crippen molar-refractivity contribution in [3.8, 4) is 0 Å². The zero-order chi connectivity index (χ0) is 15.9. The SMILES string of the molecule is O=[N+]([O-])c1cnc2ccsc2c1NC1CCC2(CC1)OCCO2. The third-order valence-electron chi connectivity index (χ3n) is 4.56. The van der Waals surface area contributed by atoms with Crippen molar-refractivity contribution in [2.24, 2.45) is 0 Å². The molecule has 122 valence electrons. The van der Waals surface area contributed by atoms with Gasteiger partial charge in [0.05, 0.1) is 28.4 Å². The number of nitro groups is 1. The van der Waals surface area contributed by atoms with Gasteiger partial charge in [0.15, 0.2) is 5.79 Å². The van der Waals surface area contributed by atoms with Gasteiger partial charge in [0.25, 0.3) is 0 Å². The molecule has 0 aromatic carbocycles. The third kappa shape index (κ3) is 2.66. The Hall–Kier alpha value is -1.77. The van der Waals surface area contributed by atoms with Crippen molar-refractivity contribution < 1.29 is 14.4 Å². The molecule has 2 aliphatic rings. The molecule has 1 saturated carbocycles. The second-order valence-electron chi connectivity index (χ2n) is 5.94. The average molecular weight is 335 g/mol. The predicted molar refractivity (Wildman–Crippen MR) is 86.8 cm³/mol. The van der Waals surface area contributed by atoms with E-state index in [2.05, 4.69) is 10.3 Å². The molecule has 1 saturated heterocycles. The molecule has 1 aliphatic carbocycles. The molecule has 2 fully saturated rings. The molecule has 1 N–H and O–H groups in total. The Morgan fingerprint density at radius 2 is 2.09 bits per heavy atom. The molecule has 0 bridgehead atoms. The molecule has 0 unspecified atom stereocenters. The van der Waals surface area contributed by atoms with Gasteiger partial charge in [0, 0.05) is 18.9 Å². The second-order valence-corrected chi connectivity index (χ2v) is 6.85. The summed E-state index contributed by atoms with van der Waals surface area (Å²) < 4.78 is 12.3. The molecule has 2 aromatic heterocycles. The van der Waals surface area contributed by atoms with Crippen LogP contribution in [0.3, 0.4) is 0 Å². The minimum absolute atomic E-state index is 0.0357. The Kier molecular flexibility index (Phi) is 3.67. The van der Waals surface area contributed by atoms with E-state index in [9.17, 15) is 10.1 Å². The van der Waals surface area contributed by atoms with Gasteiger partial charge >= 0.3 is 5.69 Å². The van der Waals surface area contributed by atoms with Crippen molar-refractivity contribution in [2.75, 3.05) is 18.5 Å². The maximum absolute atomic E-state index is 11.3. The minimum atomic E-state index is -0.416. The fourth-order valence-electron chi connectivity index (χ4n) is 3.37. The van der Waals surface area contributed by atoms with Gasteiger partial charge in [-0.3, -0.25) is 10.1 Å². The molecule has 0 atom stereocenters. The molecule has 0 radical (unpaired) electrons. The molecule has 23 heavy (non-hydrogen) atoms. The summed E-state index contributed by atoms with van der Waals surface area (Å²) in [5.41, 5.74) is 1.41. The van der Waals surface area contributed by atoms with E-state index in [1.807, 2.05) is 11.4 Å². The van der Waals surface area contributed by atoms with E-state index in [1.165, 1.54) is 17.5 Å². The Balaban J connectivity index is 1.57. The molecule has 7 nitrogen and oxygen atoms in total. The first kappa shape index (κ1) is 14.8. The van der Waals surface area contributed by atoms with Gasteiger partial charge < -0.3 is 14.8 Å². The van der Waals surface area contributed by atoms with E-state index < -0.39 is 5.79 Å². The monoisotopic (exact) mass is 335 g/mol. The zero-order valence-corrected chi connectivity index (χ0v) is 13.3. The van der Waals surface area contributed by atoms with Crippen molar-refractivity contribution >= 4 is 32.9 Å². The van der Waals surface area contributed by atoms with E-state index in [0.29, 0.717) is 18.9 Å². The highest BCUT2D eigenvalue weighted by atomic mass is 32.1. The predicted octanol–water partition coefficient (Wildman–Crippen LogP) is 3.30. The van der Waals surface area contributed by atoms with Crippen molar-refractivity contribution in [1.29, 1.82) is 0 Å². The fraction of sp³-hybridized carbons (Fsp3) is 0.533. The summed E-state index contributed by atoms with van der Waals surface area (Å²) >= 11 is 1.47. The number of hydrogen-bond donors (Lipinski definition) is 1. The summed E-state index contributed by atoms with van der Waals surface area (Å²) in [6.07, 6.45) is 4.71. The van der Waals surface area contributed by atoms with Crippen LogP contribution in [0, 0.1) is 10.1 Å². The normalized spacial score (nSPS) is 21.0. The Morgan fingerprint density at radius 1 is 1.35 bits per heavy atom. The number of nitrogens with zero attached hydrogens (tertiary/aromatic N) is 2. The van der Waals surface area contributed by atoms with E-state index in [4.69, 9.17) is 9.47 Å². The second kappa shape index (κ2) is 5.70. The Labute approximate surface area is 136 Å². The number of anilines is 1. The van der Waals surface area contributed by atoms with Gasteiger partial charge in [-0.1, -0.05) is 0 Å². The number of pyridine rings is 1. The van der Waals surface area contributed by atoms with Crippen molar-refractivity contribution in [1.82, 2.24) is 4.98 Å². The highest BCUT2D eigenvalue weighted by molar-refractivity contribution is 7.17. The van der Waals surface area contributed by atoms with Gasteiger partial charge in [-0.2, -0.15) is 0 Å². The standard InChI is InChI=1S/C15H17N3O4S/c19-18(20)12-9-16-11-3-8-23-14(11)13(12)17-10-1-4-15(5-2-10)21-6-7-22-15/h3,8-10H,1-2,4-7H2,(H,16,17). The van der Waals surface area contributed by atoms with E-state index in [0.717, 1.165) is 35.9 Å². The number of nitrogens with one attached hydrogen (secondary N) is 1. The molecule has 8 heteroatoms. The van der Waals surface area contributed by atoms with Crippen LogP contribution < -0.4 is 5.32 Å². The number of aromatic nitrogens is 1. The maximum atomic E-state index is 11.3. The lowest BCUT2D eigenvalue weighted by Crippen LogP contribution is -2.39. The van der Waals surface area contributed by atoms with E-state index in [-0.39, 0.29) is 16.7 Å². The van der Waals surface area contributed by atoms with Gasteiger partial charge in [-0.15, -0.1) is 11.3 Å². The molecule has 1 aliphatic heterocycles. The largest absolute Gasteiger partial charge is 0.375 e. The lowest BCUT2D eigenvalue weighted by Gasteiger charge is -2.35. The van der Waals surface area contributed by atoms with Gasteiger partial charge in [-0.05, 0) is 24.3 Å². The fourth-order valence-corrected chi connectivity index (χ4v) is 4.23. The lowest BCUT2D eigenvalue weighted by molar-refractivity contribution is -0.384. The average Bonchev–Trinajstić information content (AvgIpc) is 3.19. The number of ether oxygens (including phenoxy) is 2. The number of rotatable bonds is 3. The van der Waals surface area contributed by atoms with Crippen LogP contribution >= 0.6 is 11.3 Å². The van der Waals surface area contributed by atoms with Crippen LogP contribution in [0.5, 0.6) is 0 Å². The molecule has 4 rings (SSSR count). The van der Waals surface area contributed by atoms with Crippen LogP contribution in [0.15, 0.2) is 17.6 Å². The van der Waals surface area contributed by atoms with E-state index in [1.54, 1.807) is 0 Å². The first-order valence-electron chi connectivity index (χ1n) is 7.72. The summed E-state index contributed by atoms with van der Waals surface area (Å²) in [5.74, 6) is -0.416. The van der Waals surface area contributed by atoms with Crippen molar-refractivity contribution in [2.45, 2.75) is 37.5 Å². The van der Waals surface area contributed by atoms with Crippen LogP contribution in [0.25, 0.3) is 10.2 Å². The quantitative estimate of drug-likeness (QED) is 0.684. The van der Waals surface area contributed by atoms with Crippen LogP contribution in [-0.4, -0.2) is 35.0 Å². The summed E-state index contributed by atoms with van der Waals surface area (Å²) in [6.45, 7) is 1.31. The van der Waals surface area contributed by atoms with Gasteiger partial charge in [0.1, 0.15) is 11.9 Å². The molecule has 0 amide bonds. The van der Waals surface area contributed by atoms with Crippen molar-refractivity contribution in [3.05, 3.63) is 27.8 Å². The van der Waals surface area contributed by atoms with Crippen LogP contribution in [0.4, 0.5) is 11.4 Å². The molecular formula is C15H17N3O4S. The molecule has 2 aromatic rings. The maximum Gasteiger partial charge on any atom is 0.311 e. The van der Waals surface area contributed by atoms with Crippen LogP contribution in [-0.2, 0) is 9.47 Å².